The lowest BCUT2D eigenvalue weighted by Crippen LogP contribution is -2.45. The fourth-order valence-corrected chi connectivity index (χ4v) is 2.04. The molecule has 1 saturated carbocycles. The van der Waals surface area contributed by atoms with E-state index in [0.29, 0.717) is 11.3 Å². The van der Waals surface area contributed by atoms with Gasteiger partial charge in [0.05, 0.1) is 18.3 Å². The maximum absolute atomic E-state index is 11.8. The maximum Gasteiger partial charge on any atom is 0.256 e. The van der Waals surface area contributed by atoms with E-state index < -0.39 is 6.10 Å². The summed E-state index contributed by atoms with van der Waals surface area (Å²) < 4.78 is 4.83. The van der Waals surface area contributed by atoms with Gasteiger partial charge in [-0.2, -0.15) is 0 Å². The molecule has 0 radical (unpaired) electrons. The molecule has 1 aliphatic rings. The van der Waals surface area contributed by atoms with Crippen LogP contribution in [0.25, 0.3) is 0 Å². The van der Waals surface area contributed by atoms with Crippen LogP contribution in [0.15, 0.2) is 10.7 Å². The van der Waals surface area contributed by atoms with E-state index in [0.717, 1.165) is 25.7 Å². The number of nitrogens with zero attached hydrogens (tertiary/aromatic N) is 1. The molecule has 0 spiro atoms. The fraction of sp³-hybridized carbons (Fsp3) is 0.636. The molecule has 0 bridgehead atoms. The molecule has 1 aromatic rings. The lowest BCUT2D eigenvalue weighted by molar-refractivity contribution is 0.0716. The van der Waals surface area contributed by atoms with Crippen LogP contribution in [0.5, 0.6) is 0 Å². The van der Waals surface area contributed by atoms with E-state index in [4.69, 9.17) is 4.52 Å². The average Bonchev–Trinajstić information content (AvgIpc) is 2.68. The van der Waals surface area contributed by atoms with Gasteiger partial charge in [0.1, 0.15) is 11.3 Å². The Balaban J connectivity index is 1.99. The van der Waals surface area contributed by atoms with Gasteiger partial charge < -0.3 is 14.9 Å². The minimum absolute atomic E-state index is 0.143. The van der Waals surface area contributed by atoms with Crippen LogP contribution in [-0.2, 0) is 0 Å². The molecule has 2 rings (SSSR count). The normalized spacial score (nSPS) is 25.4. The molecule has 0 aliphatic heterocycles. The van der Waals surface area contributed by atoms with Crippen molar-refractivity contribution < 1.29 is 14.4 Å². The molecule has 0 aromatic carbocycles. The number of nitrogens with one attached hydrogen (secondary N) is 1. The minimum atomic E-state index is -0.433. The van der Waals surface area contributed by atoms with E-state index in [9.17, 15) is 9.90 Å². The van der Waals surface area contributed by atoms with Gasteiger partial charge in [0, 0.05) is 0 Å². The van der Waals surface area contributed by atoms with Crippen molar-refractivity contribution >= 4 is 5.91 Å². The third-order valence-corrected chi connectivity index (χ3v) is 3.04. The molecule has 2 unspecified atom stereocenters. The number of amides is 1. The van der Waals surface area contributed by atoms with Crippen LogP contribution in [-0.4, -0.2) is 28.3 Å². The summed E-state index contributed by atoms with van der Waals surface area (Å²) in [7, 11) is 0. The van der Waals surface area contributed by atoms with Crippen LogP contribution in [0.2, 0.25) is 0 Å². The van der Waals surface area contributed by atoms with Crippen molar-refractivity contribution in [3.8, 4) is 0 Å². The number of hydrogen-bond donors (Lipinski definition) is 2. The molecule has 1 aromatic heterocycles. The SMILES string of the molecule is Cc1oncc1C(=O)NC1CCCCC1O. The number of aromatic nitrogens is 1. The first-order chi connectivity index (χ1) is 7.68. The van der Waals surface area contributed by atoms with Crippen LogP contribution < -0.4 is 5.32 Å². The Labute approximate surface area is 93.8 Å². The van der Waals surface area contributed by atoms with Gasteiger partial charge in [-0.1, -0.05) is 18.0 Å². The third kappa shape index (κ3) is 2.24. The molecule has 2 atom stereocenters. The smallest absolute Gasteiger partial charge is 0.256 e. The molecule has 1 amide bonds. The van der Waals surface area contributed by atoms with Crippen LogP contribution in [0.4, 0.5) is 0 Å². The van der Waals surface area contributed by atoms with Crippen molar-refractivity contribution in [1.82, 2.24) is 10.5 Å². The predicted octanol–water partition coefficient (Wildman–Crippen LogP) is 1.02. The second-order valence-electron chi connectivity index (χ2n) is 4.23. The monoisotopic (exact) mass is 224 g/mol. The summed E-state index contributed by atoms with van der Waals surface area (Å²) in [5.41, 5.74) is 0.442. The Kier molecular flexibility index (Phi) is 3.24. The summed E-state index contributed by atoms with van der Waals surface area (Å²) in [4.78, 5) is 11.8. The molecule has 88 valence electrons. The molecule has 0 saturated heterocycles. The van der Waals surface area contributed by atoms with Gasteiger partial charge in [-0.15, -0.1) is 0 Å². The molecular formula is C11H16N2O3. The molecule has 1 aliphatic carbocycles. The fourth-order valence-electron chi connectivity index (χ4n) is 2.04. The summed E-state index contributed by atoms with van der Waals surface area (Å²) in [6.07, 6.45) is 4.63. The molecule has 5 heteroatoms. The molecular weight excluding hydrogens is 208 g/mol. The Morgan fingerprint density at radius 2 is 2.31 bits per heavy atom. The van der Waals surface area contributed by atoms with Gasteiger partial charge in [-0.25, -0.2) is 0 Å². The van der Waals surface area contributed by atoms with E-state index in [2.05, 4.69) is 10.5 Å². The Hall–Kier alpha value is -1.36. The van der Waals surface area contributed by atoms with E-state index in [-0.39, 0.29) is 11.9 Å². The van der Waals surface area contributed by atoms with Crippen molar-refractivity contribution in [3.63, 3.8) is 0 Å². The van der Waals surface area contributed by atoms with Crippen molar-refractivity contribution in [3.05, 3.63) is 17.5 Å². The van der Waals surface area contributed by atoms with Gasteiger partial charge >= 0.3 is 0 Å². The topological polar surface area (TPSA) is 75.4 Å². The Morgan fingerprint density at radius 1 is 1.56 bits per heavy atom. The second kappa shape index (κ2) is 4.65. The molecule has 5 nitrogen and oxygen atoms in total. The zero-order chi connectivity index (χ0) is 11.5. The van der Waals surface area contributed by atoms with Crippen LogP contribution in [0.1, 0.15) is 41.8 Å². The summed E-state index contributed by atoms with van der Waals surface area (Å²) >= 11 is 0. The van der Waals surface area contributed by atoms with Crippen LogP contribution in [0, 0.1) is 6.92 Å². The number of hydrogen-bond acceptors (Lipinski definition) is 4. The highest BCUT2D eigenvalue weighted by Crippen LogP contribution is 2.19. The first kappa shape index (κ1) is 11.1. The number of aliphatic hydroxyl groups is 1. The number of rotatable bonds is 2. The summed E-state index contributed by atoms with van der Waals surface area (Å²) in [6.45, 7) is 1.69. The van der Waals surface area contributed by atoms with E-state index in [1.54, 1.807) is 6.92 Å². The van der Waals surface area contributed by atoms with E-state index in [1.165, 1.54) is 6.20 Å². The van der Waals surface area contributed by atoms with Crippen molar-refractivity contribution in [2.45, 2.75) is 44.8 Å². The molecule has 2 N–H and O–H groups in total. The molecule has 1 fully saturated rings. The van der Waals surface area contributed by atoms with Crippen molar-refractivity contribution in [2.75, 3.05) is 0 Å². The summed E-state index contributed by atoms with van der Waals surface area (Å²) in [5.74, 6) is 0.285. The first-order valence-electron chi connectivity index (χ1n) is 5.58. The number of carbonyl (C=O) groups is 1. The summed E-state index contributed by atoms with van der Waals surface area (Å²) in [5, 5.41) is 16.1. The summed E-state index contributed by atoms with van der Waals surface area (Å²) in [6, 6.07) is -0.143. The van der Waals surface area contributed by atoms with Gasteiger partial charge in [0.15, 0.2) is 0 Å². The maximum atomic E-state index is 11.8. The second-order valence-corrected chi connectivity index (χ2v) is 4.23. The van der Waals surface area contributed by atoms with Gasteiger partial charge in [-0.05, 0) is 19.8 Å². The standard InChI is InChI=1S/C11H16N2O3/c1-7-8(6-12-16-7)11(15)13-9-4-2-3-5-10(9)14/h6,9-10,14H,2-5H2,1H3,(H,13,15). The quantitative estimate of drug-likeness (QED) is 0.786. The van der Waals surface area contributed by atoms with Crippen LogP contribution in [0.3, 0.4) is 0 Å². The number of aliphatic hydroxyl groups excluding tert-OH is 1. The van der Waals surface area contributed by atoms with Gasteiger partial charge in [0.2, 0.25) is 0 Å². The lowest BCUT2D eigenvalue weighted by Gasteiger charge is -2.28. The highest BCUT2D eigenvalue weighted by atomic mass is 16.5. The van der Waals surface area contributed by atoms with Crippen molar-refractivity contribution in [1.29, 1.82) is 0 Å². The zero-order valence-corrected chi connectivity index (χ0v) is 9.27. The van der Waals surface area contributed by atoms with Gasteiger partial charge in [-0.3, -0.25) is 4.79 Å². The van der Waals surface area contributed by atoms with E-state index >= 15 is 0 Å². The van der Waals surface area contributed by atoms with Gasteiger partial charge in [0.25, 0.3) is 5.91 Å². The largest absolute Gasteiger partial charge is 0.391 e. The minimum Gasteiger partial charge on any atom is -0.391 e. The number of carbonyl (C=O) groups excluding carboxylic acids is 1. The highest BCUT2D eigenvalue weighted by Gasteiger charge is 2.25. The lowest BCUT2D eigenvalue weighted by atomic mass is 9.92. The molecule has 1 heterocycles. The molecule has 16 heavy (non-hydrogen) atoms. The highest BCUT2D eigenvalue weighted by molar-refractivity contribution is 5.94. The average molecular weight is 224 g/mol. The first-order valence-corrected chi connectivity index (χ1v) is 5.58. The Bertz CT molecular complexity index is 375. The van der Waals surface area contributed by atoms with Crippen molar-refractivity contribution in [2.24, 2.45) is 0 Å². The number of aryl methyl sites for hydroxylation is 1. The zero-order valence-electron chi connectivity index (χ0n) is 9.27. The van der Waals surface area contributed by atoms with E-state index in [1.807, 2.05) is 0 Å². The van der Waals surface area contributed by atoms with Crippen LogP contribution >= 0.6 is 0 Å². The third-order valence-electron chi connectivity index (χ3n) is 3.04. The Morgan fingerprint density at radius 3 is 2.94 bits per heavy atom. The predicted molar refractivity (Wildman–Crippen MR) is 57.0 cm³/mol.